The van der Waals surface area contributed by atoms with Crippen molar-refractivity contribution in [3.63, 3.8) is 0 Å². The van der Waals surface area contributed by atoms with Gasteiger partial charge in [0.2, 0.25) is 0 Å². The Morgan fingerprint density at radius 1 is 1.27 bits per heavy atom. The van der Waals surface area contributed by atoms with E-state index in [1.54, 1.807) is 18.2 Å². The van der Waals surface area contributed by atoms with Gasteiger partial charge in [0, 0.05) is 6.07 Å². The number of ether oxygens (including phenoxy) is 1. The van der Waals surface area contributed by atoms with Crippen LogP contribution in [0.3, 0.4) is 0 Å². The summed E-state index contributed by atoms with van der Waals surface area (Å²) >= 11 is 0. The molecule has 0 fully saturated rings. The van der Waals surface area contributed by atoms with Crippen LogP contribution in [0.1, 0.15) is 29.3 Å². The number of phenolic OH excluding ortho intramolecular Hbond substituents is 1. The molecule has 4 nitrogen and oxygen atoms in total. The molecule has 2 rings (SSSR count). The van der Waals surface area contributed by atoms with Crippen molar-refractivity contribution in [1.29, 1.82) is 5.26 Å². The van der Waals surface area contributed by atoms with Gasteiger partial charge in [-0.1, -0.05) is 25.1 Å². The summed E-state index contributed by atoms with van der Waals surface area (Å²) in [6.07, 6.45) is 0.860. The van der Waals surface area contributed by atoms with Gasteiger partial charge in [-0.2, -0.15) is 5.26 Å². The van der Waals surface area contributed by atoms with Crippen molar-refractivity contribution >= 4 is 5.97 Å². The maximum atomic E-state index is 12.5. The third-order valence-corrected chi connectivity index (χ3v) is 2.52. The Morgan fingerprint density at radius 2 is 1.95 bits per heavy atom. The van der Waals surface area contributed by atoms with Crippen LogP contribution in [-0.2, 0) is 4.74 Å². The summed E-state index contributed by atoms with van der Waals surface area (Å²) in [6, 6.07) is 14.0. The fraction of sp³-hybridized carbons (Fsp3) is 0.176. The SMILES string of the molecule is CCCOC(=O)c1ccccc1.N#Cc1ccc(O)cc1F. The number of esters is 1. The first kappa shape index (κ1) is 17.2. The number of aromatic hydroxyl groups is 1. The second-order valence-electron chi connectivity index (χ2n) is 4.28. The smallest absolute Gasteiger partial charge is 0.338 e. The van der Waals surface area contributed by atoms with Crippen LogP contribution in [0.4, 0.5) is 4.39 Å². The van der Waals surface area contributed by atoms with Gasteiger partial charge in [0.05, 0.1) is 17.7 Å². The van der Waals surface area contributed by atoms with Crippen molar-refractivity contribution < 1.29 is 19.0 Å². The van der Waals surface area contributed by atoms with Gasteiger partial charge in [-0.25, -0.2) is 9.18 Å². The number of benzene rings is 2. The number of phenols is 1. The van der Waals surface area contributed by atoms with Crippen LogP contribution in [0.25, 0.3) is 0 Å². The van der Waals surface area contributed by atoms with Gasteiger partial charge in [-0.15, -0.1) is 0 Å². The van der Waals surface area contributed by atoms with Crippen LogP contribution < -0.4 is 0 Å². The number of carbonyl (C=O) groups excluding carboxylic acids is 1. The van der Waals surface area contributed by atoms with Gasteiger partial charge in [0.1, 0.15) is 17.6 Å². The molecule has 0 aliphatic carbocycles. The number of nitriles is 1. The molecule has 0 saturated carbocycles. The average molecular weight is 301 g/mol. The second kappa shape index (κ2) is 9.14. The molecule has 0 unspecified atom stereocenters. The lowest BCUT2D eigenvalue weighted by Gasteiger charge is -2.01. The molecule has 0 aliphatic heterocycles. The third kappa shape index (κ3) is 5.63. The molecular formula is C17H16FNO3. The first-order valence-corrected chi connectivity index (χ1v) is 6.69. The lowest BCUT2D eigenvalue weighted by atomic mass is 10.2. The molecule has 2 aromatic carbocycles. The Morgan fingerprint density at radius 3 is 2.50 bits per heavy atom. The lowest BCUT2D eigenvalue weighted by Crippen LogP contribution is -2.05. The van der Waals surface area contributed by atoms with Gasteiger partial charge in [-0.05, 0) is 30.7 Å². The molecule has 0 heterocycles. The highest BCUT2D eigenvalue weighted by Gasteiger charge is 2.03. The second-order valence-corrected chi connectivity index (χ2v) is 4.28. The number of hydrogen-bond acceptors (Lipinski definition) is 4. The summed E-state index contributed by atoms with van der Waals surface area (Å²) in [7, 11) is 0. The van der Waals surface area contributed by atoms with Crippen molar-refractivity contribution in [1.82, 2.24) is 0 Å². The van der Waals surface area contributed by atoms with E-state index in [9.17, 15) is 9.18 Å². The van der Waals surface area contributed by atoms with Crippen LogP contribution in [0.15, 0.2) is 48.5 Å². The van der Waals surface area contributed by atoms with Gasteiger partial charge in [0.25, 0.3) is 0 Å². The summed E-state index contributed by atoms with van der Waals surface area (Å²) in [6.45, 7) is 2.46. The van der Waals surface area contributed by atoms with E-state index < -0.39 is 5.82 Å². The Balaban J connectivity index is 0.000000224. The van der Waals surface area contributed by atoms with E-state index in [2.05, 4.69) is 0 Å². The van der Waals surface area contributed by atoms with Crippen LogP contribution >= 0.6 is 0 Å². The molecular weight excluding hydrogens is 285 g/mol. The molecule has 114 valence electrons. The third-order valence-electron chi connectivity index (χ3n) is 2.52. The number of nitrogens with zero attached hydrogens (tertiary/aromatic N) is 1. The van der Waals surface area contributed by atoms with Gasteiger partial charge in [-0.3, -0.25) is 0 Å². The van der Waals surface area contributed by atoms with Crippen LogP contribution in [-0.4, -0.2) is 17.7 Å². The van der Waals surface area contributed by atoms with E-state index in [1.807, 2.05) is 25.1 Å². The van der Waals surface area contributed by atoms with E-state index in [4.69, 9.17) is 15.1 Å². The van der Waals surface area contributed by atoms with Crippen molar-refractivity contribution in [2.75, 3.05) is 6.61 Å². The highest BCUT2D eigenvalue weighted by atomic mass is 19.1. The molecule has 0 radical (unpaired) electrons. The molecule has 22 heavy (non-hydrogen) atoms. The standard InChI is InChI=1S/C10H12O2.C7H4FNO/c1-2-8-12-10(11)9-6-4-3-5-7-9;8-7-3-6(10)2-1-5(7)4-9/h3-7H,2,8H2,1H3;1-3,10H. The lowest BCUT2D eigenvalue weighted by molar-refractivity contribution is 0.0505. The largest absolute Gasteiger partial charge is 0.508 e. The zero-order valence-corrected chi connectivity index (χ0v) is 12.1. The summed E-state index contributed by atoms with van der Waals surface area (Å²) < 4.78 is 17.4. The Bertz CT molecular complexity index is 651. The van der Waals surface area contributed by atoms with Gasteiger partial charge in [0.15, 0.2) is 0 Å². The van der Waals surface area contributed by atoms with Gasteiger partial charge >= 0.3 is 5.97 Å². The Labute approximate surface area is 128 Å². The number of rotatable bonds is 3. The van der Waals surface area contributed by atoms with Crippen LogP contribution in [0.2, 0.25) is 0 Å². The van der Waals surface area contributed by atoms with Crippen LogP contribution in [0.5, 0.6) is 5.75 Å². The van der Waals surface area contributed by atoms with Crippen molar-refractivity contribution in [2.24, 2.45) is 0 Å². The maximum absolute atomic E-state index is 12.5. The minimum Gasteiger partial charge on any atom is -0.508 e. The van der Waals surface area contributed by atoms with Crippen molar-refractivity contribution in [3.05, 3.63) is 65.5 Å². The van der Waals surface area contributed by atoms with E-state index in [0.29, 0.717) is 12.2 Å². The fourth-order valence-corrected chi connectivity index (χ4v) is 1.45. The normalized spacial score (nSPS) is 9.14. The molecule has 0 aliphatic rings. The number of carbonyl (C=O) groups is 1. The van der Waals surface area contributed by atoms with Crippen LogP contribution in [0, 0.1) is 17.1 Å². The summed E-state index contributed by atoms with van der Waals surface area (Å²) in [5, 5.41) is 16.9. The molecule has 5 heteroatoms. The van der Waals surface area contributed by atoms with Crippen molar-refractivity contribution in [3.8, 4) is 11.8 Å². The number of halogens is 1. The molecule has 0 amide bonds. The molecule has 0 aromatic heterocycles. The predicted octanol–water partition coefficient (Wildman–Crippen LogP) is 3.66. The first-order chi connectivity index (χ1) is 10.6. The summed E-state index contributed by atoms with van der Waals surface area (Å²) in [5.74, 6) is -1.10. The quantitative estimate of drug-likeness (QED) is 0.878. The Kier molecular flexibility index (Phi) is 7.14. The zero-order chi connectivity index (χ0) is 16.4. The minimum absolute atomic E-state index is 0.0576. The molecule has 2 aromatic rings. The molecule has 0 spiro atoms. The van der Waals surface area contributed by atoms with Crippen molar-refractivity contribution in [2.45, 2.75) is 13.3 Å². The van der Waals surface area contributed by atoms with E-state index in [0.717, 1.165) is 12.5 Å². The summed E-state index contributed by atoms with van der Waals surface area (Å²) in [4.78, 5) is 11.2. The molecule has 0 saturated heterocycles. The van der Waals surface area contributed by atoms with Gasteiger partial charge < -0.3 is 9.84 Å². The molecule has 1 N–H and O–H groups in total. The Hall–Kier alpha value is -2.87. The summed E-state index contributed by atoms with van der Waals surface area (Å²) in [5.41, 5.74) is 0.559. The molecule has 0 atom stereocenters. The molecule has 0 bridgehead atoms. The number of hydrogen-bond donors (Lipinski definition) is 1. The van der Waals surface area contributed by atoms with E-state index in [-0.39, 0.29) is 17.3 Å². The average Bonchev–Trinajstić information content (AvgIpc) is 2.54. The fourth-order valence-electron chi connectivity index (χ4n) is 1.45. The monoisotopic (exact) mass is 301 g/mol. The maximum Gasteiger partial charge on any atom is 0.338 e. The topological polar surface area (TPSA) is 70.3 Å². The first-order valence-electron chi connectivity index (χ1n) is 6.69. The minimum atomic E-state index is -0.692. The predicted molar refractivity (Wildman–Crippen MR) is 79.8 cm³/mol. The van der Waals surface area contributed by atoms with E-state index in [1.165, 1.54) is 12.1 Å². The zero-order valence-electron chi connectivity index (χ0n) is 12.1. The highest BCUT2D eigenvalue weighted by Crippen LogP contribution is 2.13. The van der Waals surface area contributed by atoms with E-state index >= 15 is 0 Å². The highest BCUT2D eigenvalue weighted by molar-refractivity contribution is 5.89.